The van der Waals surface area contributed by atoms with Gasteiger partial charge in [-0.15, -0.1) is 0 Å². The van der Waals surface area contributed by atoms with Crippen LogP contribution in [-0.2, 0) is 0 Å². The second-order valence-corrected chi connectivity index (χ2v) is 9.46. The second-order valence-electron chi connectivity index (χ2n) is 9.46. The van der Waals surface area contributed by atoms with Gasteiger partial charge in [-0.1, -0.05) is 24.3 Å². The molecule has 0 bridgehead atoms. The van der Waals surface area contributed by atoms with Crippen molar-refractivity contribution in [2.24, 2.45) is 5.92 Å². The van der Waals surface area contributed by atoms with E-state index >= 15 is 0 Å². The van der Waals surface area contributed by atoms with E-state index in [-0.39, 0.29) is 5.91 Å². The molecule has 0 aromatic heterocycles. The molecule has 178 valence electrons. The number of unbranched alkanes of at least 4 members (excludes halogenated alkanes) is 1. The fraction of sp³-hybridized carbons (Fsp3) is 0.310. The molecule has 6 heteroatoms. The molecular formula is C29H30N4O2. The highest BCUT2D eigenvalue weighted by Gasteiger charge is 2.38. The molecular weight excluding hydrogens is 436 g/mol. The van der Waals surface area contributed by atoms with Crippen LogP contribution in [-0.4, -0.2) is 43.6 Å². The number of carbonyl (C=O) groups excluding carboxylic acids is 1. The molecule has 6 nitrogen and oxygen atoms in total. The molecule has 2 aliphatic heterocycles. The number of ether oxygens (including phenoxy) is 1. The van der Waals surface area contributed by atoms with Gasteiger partial charge in [0, 0.05) is 48.3 Å². The van der Waals surface area contributed by atoms with E-state index < -0.39 is 0 Å². The van der Waals surface area contributed by atoms with Crippen LogP contribution in [0.2, 0.25) is 0 Å². The van der Waals surface area contributed by atoms with E-state index in [0.29, 0.717) is 29.5 Å². The molecule has 3 aromatic rings. The highest BCUT2D eigenvalue weighted by Crippen LogP contribution is 2.42. The van der Waals surface area contributed by atoms with Gasteiger partial charge in [0.1, 0.15) is 5.75 Å². The van der Waals surface area contributed by atoms with E-state index in [1.54, 1.807) is 0 Å². The Hall–Kier alpha value is -3.82. The van der Waals surface area contributed by atoms with E-state index in [2.05, 4.69) is 16.3 Å². The summed E-state index contributed by atoms with van der Waals surface area (Å²) in [5.74, 6) is 1.80. The molecule has 0 aliphatic carbocycles. The number of nitrogen functional groups attached to an aromatic ring is 1. The van der Waals surface area contributed by atoms with Crippen molar-refractivity contribution < 1.29 is 9.53 Å². The number of nitrogens with one attached hydrogen (secondary N) is 1. The summed E-state index contributed by atoms with van der Waals surface area (Å²) in [7, 11) is 0. The Morgan fingerprint density at radius 1 is 1.03 bits per heavy atom. The minimum absolute atomic E-state index is 0.0388. The number of benzene rings is 3. The third kappa shape index (κ3) is 5.16. The van der Waals surface area contributed by atoms with Crippen molar-refractivity contribution in [1.29, 1.82) is 5.26 Å². The average Bonchev–Trinajstić information content (AvgIpc) is 3.32. The summed E-state index contributed by atoms with van der Waals surface area (Å²) in [5, 5.41) is 12.3. The summed E-state index contributed by atoms with van der Waals surface area (Å²) in [5.41, 5.74) is 11.2. The number of hydrogen-bond donors (Lipinski definition) is 2. The minimum atomic E-state index is -0.0388. The average molecular weight is 467 g/mol. The number of likely N-dealkylation sites (tertiary alicyclic amines) is 1. The monoisotopic (exact) mass is 466 g/mol. The van der Waals surface area contributed by atoms with Crippen molar-refractivity contribution in [2.45, 2.75) is 18.8 Å². The number of amides is 1. The maximum absolute atomic E-state index is 12.5. The zero-order chi connectivity index (χ0) is 24.2. The fourth-order valence-corrected chi connectivity index (χ4v) is 5.15. The van der Waals surface area contributed by atoms with Gasteiger partial charge in [-0.3, -0.25) is 4.79 Å². The van der Waals surface area contributed by atoms with Gasteiger partial charge in [0.05, 0.1) is 18.2 Å². The lowest BCUT2D eigenvalue weighted by atomic mass is 9.86. The smallest absolute Gasteiger partial charge is 0.251 e. The minimum Gasteiger partial charge on any atom is -0.493 e. The van der Waals surface area contributed by atoms with E-state index in [4.69, 9.17) is 10.5 Å². The first-order valence-corrected chi connectivity index (χ1v) is 12.2. The number of carbonyl (C=O) groups is 1. The number of nitrogens with two attached hydrogens (primary N) is 1. The van der Waals surface area contributed by atoms with E-state index in [9.17, 15) is 10.1 Å². The Labute approximate surface area is 206 Å². The Morgan fingerprint density at radius 3 is 2.51 bits per heavy atom. The highest BCUT2D eigenvalue weighted by atomic mass is 16.5. The van der Waals surface area contributed by atoms with Gasteiger partial charge in [-0.05, 0) is 73.0 Å². The van der Waals surface area contributed by atoms with Crippen molar-refractivity contribution >= 4 is 11.6 Å². The molecule has 0 unspecified atom stereocenters. The summed E-state index contributed by atoms with van der Waals surface area (Å²) >= 11 is 0. The lowest BCUT2D eigenvalue weighted by Crippen LogP contribution is -2.27. The zero-order valence-corrected chi connectivity index (χ0v) is 19.7. The Morgan fingerprint density at radius 2 is 1.77 bits per heavy atom. The maximum atomic E-state index is 12.5. The molecule has 3 N–H and O–H groups in total. The first-order chi connectivity index (χ1) is 17.1. The number of anilines is 1. The van der Waals surface area contributed by atoms with Crippen LogP contribution in [0.5, 0.6) is 5.75 Å². The topological polar surface area (TPSA) is 91.4 Å². The van der Waals surface area contributed by atoms with Gasteiger partial charge in [-0.2, -0.15) is 5.26 Å². The van der Waals surface area contributed by atoms with Crippen LogP contribution in [0, 0.1) is 17.2 Å². The van der Waals surface area contributed by atoms with E-state index in [0.717, 1.165) is 61.6 Å². The number of rotatable bonds is 7. The number of fused-ring (bicyclic) bond motifs is 3. The predicted molar refractivity (Wildman–Crippen MR) is 137 cm³/mol. The van der Waals surface area contributed by atoms with Crippen molar-refractivity contribution in [2.75, 3.05) is 38.5 Å². The lowest BCUT2D eigenvalue weighted by Gasteiger charge is -2.27. The van der Waals surface area contributed by atoms with E-state index in [1.807, 2.05) is 66.7 Å². The molecule has 1 fully saturated rings. The molecule has 2 atom stereocenters. The van der Waals surface area contributed by atoms with Crippen molar-refractivity contribution in [1.82, 2.24) is 10.2 Å². The first kappa shape index (κ1) is 22.9. The summed E-state index contributed by atoms with van der Waals surface area (Å²) in [6.45, 7) is 4.44. The molecule has 0 saturated carbocycles. The molecule has 0 spiro atoms. The van der Waals surface area contributed by atoms with Gasteiger partial charge < -0.3 is 20.7 Å². The summed E-state index contributed by atoms with van der Waals surface area (Å²) in [6, 6.07) is 23.4. The van der Waals surface area contributed by atoms with Crippen LogP contribution < -0.4 is 15.8 Å². The number of hydrogen-bond acceptors (Lipinski definition) is 5. The zero-order valence-electron chi connectivity index (χ0n) is 19.7. The summed E-state index contributed by atoms with van der Waals surface area (Å²) in [6.07, 6.45) is 1.97. The Balaban J connectivity index is 1.06. The molecule has 35 heavy (non-hydrogen) atoms. The van der Waals surface area contributed by atoms with Crippen molar-refractivity contribution in [3.63, 3.8) is 0 Å². The lowest BCUT2D eigenvalue weighted by molar-refractivity contribution is 0.0952. The standard InChI is InChI=1S/C29H30N4O2/c30-16-20-3-12-28-26(15-20)27-18-33(17-24(27)19-35-28)14-2-1-13-32-29(34)23-6-4-21(5-7-23)22-8-10-25(31)11-9-22/h3-12,15,24,27H,1-2,13-14,17-19,31H2,(H,32,34)/t24-,27+/m1/s1. The molecule has 5 rings (SSSR count). The van der Waals surface area contributed by atoms with Gasteiger partial charge in [0.2, 0.25) is 0 Å². The van der Waals surface area contributed by atoms with Crippen LogP contribution in [0.4, 0.5) is 5.69 Å². The molecule has 2 aliphatic rings. The quantitative estimate of drug-likeness (QED) is 0.397. The van der Waals surface area contributed by atoms with Gasteiger partial charge in [0.25, 0.3) is 5.91 Å². The van der Waals surface area contributed by atoms with Crippen LogP contribution in [0.1, 0.15) is 40.2 Å². The SMILES string of the molecule is N#Cc1ccc2c(c1)[C@H]1CN(CCCCNC(=O)c3ccc(-c4ccc(N)cc4)cc3)C[C@@H]1CO2. The number of nitriles is 1. The summed E-state index contributed by atoms with van der Waals surface area (Å²) in [4.78, 5) is 15.0. The van der Waals surface area contributed by atoms with Crippen LogP contribution in [0.25, 0.3) is 11.1 Å². The maximum Gasteiger partial charge on any atom is 0.251 e. The molecule has 0 radical (unpaired) electrons. The molecule has 2 heterocycles. The van der Waals surface area contributed by atoms with Gasteiger partial charge in [-0.25, -0.2) is 0 Å². The van der Waals surface area contributed by atoms with Gasteiger partial charge >= 0.3 is 0 Å². The van der Waals surface area contributed by atoms with Gasteiger partial charge in [0.15, 0.2) is 0 Å². The second kappa shape index (κ2) is 10.2. The van der Waals surface area contributed by atoms with Crippen LogP contribution in [0.15, 0.2) is 66.7 Å². The summed E-state index contributed by atoms with van der Waals surface area (Å²) < 4.78 is 5.95. The van der Waals surface area contributed by atoms with Crippen molar-refractivity contribution in [3.8, 4) is 22.9 Å². The highest BCUT2D eigenvalue weighted by molar-refractivity contribution is 5.94. The Kier molecular flexibility index (Phi) is 6.69. The fourth-order valence-electron chi connectivity index (χ4n) is 5.15. The number of nitrogens with zero attached hydrogens (tertiary/aromatic N) is 2. The molecule has 3 aromatic carbocycles. The first-order valence-electron chi connectivity index (χ1n) is 12.2. The predicted octanol–water partition coefficient (Wildman–Crippen LogP) is 4.43. The van der Waals surface area contributed by atoms with Crippen LogP contribution in [0.3, 0.4) is 0 Å². The largest absolute Gasteiger partial charge is 0.493 e. The van der Waals surface area contributed by atoms with Crippen molar-refractivity contribution in [3.05, 3.63) is 83.4 Å². The normalized spacial score (nSPS) is 18.7. The Bertz CT molecular complexity index is 1230. The van der Waals surface area contributed by atoms with Crippen LogP contribution >= 0.6 is 0 Å². The third-order valence-corrected chi connectivity index (χ3v) is 7.09. The molecule has 1 saturated heterocycles. The van der Waals surface area contributed by atoms with E-state index in [1.165, 1.54) is 5.56 Å². The third-order valence-electron chi connectivity index (χ3n) is 7.09. The molecule has 1 amide bonds.